The van der Waals surface area contributed by atoms with Crippen molar-refractivity contribution in [2.75, 3.05) is 0 Å². The van der Waals surface area contributed by atoms with Crippen LogP contribution in [0.3, 0.4) is 0 Å². The Bertz CT molecular complexity index is 322. The van der Waals surface area contributed by atoms with Gasteiger partial charge in [0.15, 0.2) is 0 Å². The van der Waals surface area contributed by atoms with Crippen LogP contribution in [0.4, 0.5) is 0 Å². The zero-order chi connectivity index (χ0) is 10.6. The van der Waals surface area contributed by atoms with Crippen LogP contribution in [0.25, 0.3) is 6.08 Å². The van der Waals surface area contributed by atoms with Gasteiger partial charge in [-0.05, 0) is 38.4 Å². The molecule has 1 aromatic rings. The lowest BCUT2D eigenvalue weighted by molar-refractivity contribution is -0.148. The minimum absolute atomic E-state index is 0.330. The maximum atomic E-state index is 11.2. The van der Waals surface area contributed by atoms with Crippen LogP contribution in [0.1, 0.15) is 26.3 Å². The maximum absolute atomic E-state index is 11.2. The Morgan fingerprint density at radius 1 is 1.57 bits per heavy atom. The van der Waals surface area contributed by atoms with E-state index in [9.17, 15) is 4.79 Å². The predicted molar refractivity (Wildman–Crippen MR) is 57.0 cm³/mol. The number of aromatic nitrogens is 1. The zero-order valence-electron chi connectivity index (χ0n) is 8.48. The van der Waals surface area contributed by atoms with E-state index in [1.54, 1.807) is 12.3 Å². The van der Waals surface area contributed by atoms with Gasteiger partial charge in [0.1, 0.15) is 5.60 Å². The standard InChI is InChI=1S/C10H13NO2S/c1-10(2,3)13-9(12)5-4-8-6-11-14-7-8/h4-7H,1-3H3/b5-4+. The van der Waals surface area contributed by atoms with Crippen LogP contribution in [-0.2, 0) is 9.53 Å². The molecule has 1 heterocycles. The molecule has 1 rings (SSSR count). The first kappa shape index (κ1) is 10.9. The van der Waals surface area contributed by atoms with Crippen LogP contribution in [0.15, 0.2) is 17.7 Å². The van der Waals surface area contributed by atoms with Gasteiger partial charge in [-0.2, -0.15) is 0 Å². The molecule has 0 aliphatic carbocycles. The highest BCUT2D eigenvalue weighted by Crippen LogP contribution is 2.09. The summed E-state index contributed by atoms with van der Waals surface area (Å²) in [7, 11) is 0. The van der Waals surface area contributed by atoms with Gasteiger partial charge in [0.2, 0.25) is 0 Å². The molecular weight excluding hydrogens is 198 g/mol. The summed E-state index contributed by atoms with van der Waals surface area (Å²) >= 11 is 1.35. The van der Waals surface area contributed by atoms with Crippen molar-refractivity contribution in [1.29, 1.82) is 0 Å². The first-order valence-electron chi connectivity index (χ1n) is 4.28. The van der Waals surface area contributed by atoms with E-state index in [0.29, 0.717) is 0 Å². The SMILES string of the molecule is CC(C)(C)OC(=O)/C=C/c1cnsc1. The van der Waals surface area contributed by atoms with Crippen molar-refractivity contribution >= 4 is 23.6 Å². The highest BCUT2D eigenvalue weighted by molar-refractivity contribution is 7.03. The topological polar surface area (TPSA) is 39.2 Å². The third-order valence-electron chi connectivity index (χ3n) is 1.27. The van der Waals surface area contributed by atoms with Crippen molar-refractivity contribution < 1.29 is 9.53 Å². The average molecular weight is 211 g/mol. The smallest absolute Gasteiger partial charge is 0.331 e. The largest absolute Gasteiger partial charge is 0.457 e. The zero-order valence-corrected chi connectivity index (χ0v) is 9.30. The van der Waals surface area contributed by atoms with Crippen molar-refractivity contribution in [2.45, 2.75) is 26.4 Å². The van der Waals surface area contributed by atoms with Crippen molar-refractivity contribution in [2.24, 2.45) is 0 Å². The number of carbonyl (C=O) groups excluding carboxylic acids is 1. The van der Waals surface area contributed by atoms with E-state index in [-0.39, 0.29) is 5.97 Å². The maximum Gasteiger partial charge on any atom is 0.331 e. The molecule has 0 aliphatic rings. The predicted octanol–water partition coefficient (Wildman–Crippen LogP) is 2.50. The van der Waals surface area contributed by atoms with Gasteiger partial charge in [0, 0.05) is 23.2 Å². The number of hydrogen-bond donors (Lipinski definition) is 0. The second kappa shape index (κ2) is 4.37. The van der Waals surface area contributed by atoms with Crippen LogP contribution < -0.4 is 0 Å². The van der Waals surface area contributed by atoms with E-state index in [4.69, 9.17) is 4.74 Å². The van der Waals surface area contributed by atoms with Crippen LogP contribution in [0.5, 0.6) is 0 Å². The van der Waals surface area contributed by atoms with Gasteiger partial charge >= 0.3 is 5.97 Å². The first-order chi connectivity index (χ1) is 6.47. The summed E-state index contributed by atoms with van der Waals surface area (Å²) in [6.45, 7) is 5.51. The molecule has 4 heteroatoms. The van der Waals surface area contributed by atoms with E-state index in [0.717, 1.165) is 5.56 Å². The van der Waals surface area contributed by atoms with E-state index in [1.807, 2.05) is 26.2 Å². The van der Waals surface area contributed by atoms with E-state index in [2.05, 4.69) is 4.37 Å². The number of ether oxygens (including phenoxy) is 1. The molecule has 76 valence electrons. The third-order valence-corrected chi connectivity index (χ3v) is 1.87. The summed E-state index contributed by atoms with van der Waals surface area (Å²) in [5, 5.41) is 1.86. The number of hydrogen-bond acceptors (Lipinski definition) is 4. The summed E-state index contributed by atoms with van der Waals surface area (Å²) in [5.74, 6) is -0.330. The molecule has 0 fully saturated rings. The van der Waals surface area contributed by atoms with Crippen LogP contribution >= 0.6 is 11.5 Å². The van der Waals surface area contributed by atoms with Crippen molar-refractivity contribution in [3.8, 4) is 0 Å². The Labute approximate surface area is 87.6 Å². The summed E-state index contributed by atoms with van der Waals surface area (Å²) < 4.78 is 9.01. The monoisotopic (exact) mass is 211 g/mol. The Kier molecular flexibility index (Phi) is 3.41. The molecule has 0 bridgehead atoms. The summed E-state index contributed by atoms with van der Waals surface area (Å²) in [4.78, 5) is 11.2. The first-order valence-corrected chi connectivity index (χ1v) is 5.11. The minimum Gasteiger partial charge on any atom is -0.457 e. The van der Waals surface area contributed by atoms with Gasteiger partial charge in [-0.15, -0.1) is 0 Å². The highest BCUT2D eigenvalue weighted by Gasteiger charge is 2.13. The highest BCUT2D eigenvalue weighted by atomic mass is 32.1. The minimum atomic E-state index is -0.436. The second-order valence-corrected chi connectivity index (χ2v) is 4.48. The van der Waals surface area contributed by atoms with E-state index >= 15 is 0 Å². The van der Waals surface area contributed by atoms with Gasteiger partial charge in [0.25, 0.3) is 0 Å². The Balaban J connectivity index is 2.49. The lowest BCUT2D eigenvalue weighted by Crippen LogP contribution is -2.22. The molecule has 0 saturated heterocycles. The normalized spacial score (nSPS) is 11.9. The molecule has 0 N–H and O–H groups in total. The van der Waals surface area contributed by atoms with E-state index < -0.39 is 5.60 Å². The van der Waals surface area contributed by atoms with Gasteiger partial charge in [-0.1, -0.05) is 0 Å². The molecule has 0 aromatic carbocycles. The van der Waals surface area contributed by atoms with Crippen molar-refractivity contribution in [1.82, 2.24) is 4.37 Å². The Morgan fingerprint density at radius 2 is 2.29 bits per heavy atom. The van der Waals surface area contributed by atoms with Gasteiger partial charge < -0.3 is 4.74 Å². The molecule has 0 radical (unpaired) electrons. The molecule has 1 aromatic heterocycles. The van der Waals surface area contributed by atoms with Gasteiger partial charge in [-0.3, -0.25) is 0 Å². The van der Waals surface area contributed by atoms with Crippen LogP contribution in [0.2, 0.25) is 0 Å². The molecule has 0 saturated carbocycles. The second-order valence-electron chi connectivity index (χ2n) is 3.82. The number of nitrogens with zero attached hydrogens (tertiary/aromatic N) is 1. The van der Waals surface area contributed by atoms with Crippen LogP contribution in [0, 0.1) is 0 Å². The molecule has 0 atom stereocenters. The van der Waals surface area contributed by atoms with Gasteiger partial charge in [0.05, 0.1) is 0 Å². The number of rotatable bonds is 2. The lowest BCUT2D eigenvalue weighted by atomic mass is 10.2. The fourth-order valence-electron chi connectivity index (χ4n) is 0.795. The van der Waals surface area contributed by atoms with Crippen molar-refractivity contribution in [3.05, 3.63) is 23.2 Å². The molecule has 0 amide bonds. The van der Waals surface area contributed by atoms with Crippen LogP contribution in [-0.4, -0.2) is 15.9 Å². The molecule has 0 aliphatic heterocycles. The Morgan fingerprint density at radius 3 is 2.79 bits per heavy atom. The molecule has 3 nitrogen and oxygen atoms in total. The van der Waals surface area contributed by atoms with Gasteiger partial charge in [-0.25, -0.2) is 9.17 Å². The molecule has 0 unspecified atom stereocenters. The third kappa shape index (κ3) is 4.18. The fourth-order valence-corrected chi connectivity index (χ4v) is 1.30. The average Bonchev–Trinajstić information content (AvgIpc) is 2.49. The fraction of sp³-hybridized carbons (Fsp3) is 0.400. The number of esters is 1. The lowest BCUT2D eigenvalue weighted by Gasteiger charge is -2.17. The molecule has 14 heavy (non-hydrogen) atoms. The summed E-state index contributed by atoms with van der Waals surface area (Å²) in [5.41, 5.74) is 0.481. The number of carbonyl (C=O) groups is 1. The van der Waals surface area contributed by atoms with E-state index in [1.165, 1.54) is 17.6 Å². The summed E-state index contributed by atoms with van der Waals surface area (Å²) in [6.07, 6.45) is 4.80. The quantitative estimate of drug-likeness (QED) is 0.557. The Hall–Kier alpha value is -1.16. The molecular formula is C10H13NO2S. The summed E-state index contributed by atoms with van der Waals surface area (Å²) in [6, 6.07) is 0. The molecule has 0 spiro atoms. The van der Waals surface area contributed by atoms with Crippen molar-refractivity contribution in [3.63, 3.8) is 0 Å².